The molecule has 0 aliphatic carbocycles. The highest BCUT2D eigenvalue weighted by atomic mass is 19.4. The molecule has 3 aliphatic rings. The van der Waals surface area contributed by atoms with E-state index < -0.39 is 12.1 Å². The Balaban J connectivity index is 0. The normalized spacial score (nSPS) is 24.3. The summed E-state index contributed by atoms with van der Waals surface area (Å²) in [6.07, 6.45) is 3.88. The zero-order valence-electron chi connectivity index (χ0n) is 31.8. The fourth-order valence-corrected chi connectivity index (χ4v) is 5.66. The Hall–Kier alpha value is -0.410. The Morgan fingerprint density at radius 3 is 1.41 bits per heavy atom. The highest BCUT2D eigenvalue weighted by molar-refractivity contribution is 4.76. The second kappa shape index (κ2) is 25.7. The van der Waals surface area contributed by atoms with Crippen LogP contribution in [0.25, 0.3) is 0 Å². The number of hydrogen-bond donors (Lipinski definition) is 2. The molecule has 3 aliphatic heterocycles. The Labute approximate surface area is 273 Å². The van der Waals surface area contributed by atoms with Gasteiger partial charge in [0.05, 0.1) is 5.92 Å². The fraction of sp³-hybridized carbons (Fsp3) is 1.00. The van der Waals surface area contributed by atoms with Crippen LogP contribution in [0.2, 0.25) is 0 Å². The van der Waals surface area contributed by atoms with Gasteiger partial charge in [-0.05, 0) is 150 Å². The SMILES string of the molecule is CC1CCCN(C)C1.CC1CCN(C)CC1.CN1CCCC(C(F)(F)F)C1.CNC(C)C(C)C(C)C.CNC(C)CC(C)C. The molecular weight excluding hydrogens is 559 g/mol. The Morgan fingerprint density at radius 2 is 1.16 bits per heavy atom. The molecule has 3 fully saturated rings. The lowest BCUT2D eigenvalue weighted by molar-refractivity contribution is -0.185. The summed E-state index contributed by atoms with van der Waals surface area (Å²) in [6.45, 7) is 26.6. The fourth-order valence-electron chi connectivity index (χ4n) is 5.66. The van der Waals surface area contributed by atoms with Crippen LogP contribution >= 0.6 is 0 Å². The summed E-state index contributed by atoms with van der Waals surface area (Å²) in [5.74, 6) is 3.20. The quantitative estimate of drug-likeness (QED) is 0.308. The molecule has 0 aromatic rings. The third-order valence-electron chi connectivity index (χ3n) is 9.57. The van der Waals surface area contributed by atoms with E-state index in [0.717, 1.165) is 36.1 Å². The number of rotatable bonds is 6. The van der Waals surface area contributed by atoms with Gasteiger partial charge in [0.1, 0.15) is 0 Å². The van der Waals surface area contributed by atoms with E-state index >= 15 is 0 Å². The molecule has 0 saturated carbocycles. The van der Waals surface area contributed by atoms with Crippen molar-refractivity contribution < 1.29 is 13.2 Å². The van der Waals surface area contributed by atoms with E-state index in [-0.39, 0.29) is 6.54 Å². The molecule has 3 heterocycles. The molecule has 268 valence electrons. The topological polar surface area (TPSA) is 33.8 Å². The lowest BCUT2D eigenvalue weighted by atomic mass is 9.92. The van der Waals surface area contributed by atoms with E-state index in [9.17, 15) is 13.2 Å². The molecule has 5 unspecified atom stereocenters. The highest BCUT2D eigenvalue weighted by Crippen LogP contribution is 2.32. The van der Waals surface area contributed by atoms with Crippen molar-refractivity contribution in [1.82, 2.24) is 25.3 Å². The predicted octanol–water partition coefficient (Wildman–Crippen LogP) is 8.11. The molecule has 44 heavy (non-hydrogen) atoms. The van der Waals surface area contributed by atoms with Crippen LogP contribution in [0.1, 0.15) is 107 Å². The van der Waals surface area contributed by atoms with Gasteiger partial charge in [0.25, 0.3) is 0 Å². The smallest absolute Gasteiger partial charge is 0.317 e. The number of likely N-dealkylation sites (tertiary alicyclic amines) is 3. The summed E-state index contributed by atoms with van der Waals surface area (Å²) in [5.41, 5.74) is 0. The number of nitrogens with one attached hydrogen (secondary N) is 2. The third kappa shape index (κ3) is 25.7. The van der Waals surface area contributed by atoms with Crippen molar-refractivity contribution in [2.45, 2.75) is 126 Å². The standard InChI is InChI=1S/C8H19N.C7H12F3N.2C7H15N.C7H17N/c1-6(2)7(3)8(4)9-5;1-11-4-2-3-6(5-11)7(8,9)10;1-7-3-5-8(2)6-4-7;1-7-4-3-5-8(2)6-7;1-6(2)5-7(3)8-4/h6-9H,1-5H3;6H,2-5H2,1H3;2*7H,3-6H2,1-2H3;6-8H,5H2,1-4H3. The zero-order chi connectivity index (χ0) is 34.5. The maximum Gasteiger partial charge on any atom is 0.393 e. The van der Waals surface area contributed by atoms with E-state index in [2.05, 4.69) is 96.8 Å². The Morgan fingerprint density at radius 1 is 0.659 bits per heavy atom. The molecule has 0 spiro atoms. The van der Waals surface area contributed by atoms with Crippen molar-refractivity contribution in [3.63, 3.8) is 0 Å². The van der Waals surface area contributed by atoms with Crippen molar-refractivity contribution in [2.24, 2.45) is 35.5 Å². The van der Waals surface area contributed by atoms with Crippen LogP contribution in [0, 0.1) is 35.5 Å². The first-order valence-electron chi connectivity index (χ1n) is 17.8. The molecule has 2 N–H and O–H groups in total. The van der Waals surface area contributed by atoms with Gasteiger partial charge in [-0.3, -0.25) is 0 Å². The molecular formula is C36H78F3N5. The number of halogens is 3. The highest BCUT2D eigenvalue weighted by Gasteiger charge is 2.40. The maximum atomic E-state index is 12.1. The molecule has 3 saturated heterocycles. The summed E-state index contributed by atoms with van der Waals surface area (Å²) in [4.78, 5) is 6.55. The first-order valence-corrected chi connectivity index (χ1v) is 17.8. The summed E-state index contributed by atoms with van der Waals surface area (Å²) in [5, 5.41) is 6.44. The van der Waals surface area contributed by atoms with Gasteiger partial charge in [-0.15, -0.1) is 0 Å². The number of piperidine rings is 3. The van der Waals surface area contributed by atoms with Crippen molar-refractivity contribution in [2.75, 3.05) is 74.5 Å². The zero-order valence-corrected chi connectivity index (χ0v) is 31.8. The van der Waals surface area contributed by atoms with E-state index in [1.165, 1.54) is 58.3 Å². The van der Waals surface area contributed by atoms with E-state index in [1.54, 1.807) is 11.9 Å². The van der Waals surface area contributed by atoms with Gasteiger partial charge in [0, 0.05) is 25.2 Å². The first-order chi connectivity index (χ1) is 20.3. The number of hydrogen-bond acceptors (Lipinski definition) is 5. The Kier molecular flexibility index (Phi) is 26.6. The van der Waals surface area contributed by atoms with Crippen LogP contribution in [0.3, 0.4) is 0 Å². The van der Waals surface area contributed by atoms with E-state index in [0.29, 0.717) is 24.9 Å². The monoisotopic (exact) mass is 638 g/mol. The van der Waals surface area contributed by atoms with Crippen molar-refractivity contribution >= 4 is 0 Å². The number of nitrogens with zero attached hydrogens (tertiary/aromatic N) is 3. The van der Waals surface area contributed by atoms with Crippen LogP contribution in [-0.2, 0) is 0 Å². The van der Waals surface area contributed by atoms with Gasteiger partial charge < -0.3 is 25.3 Å². The third-order valence-corrected chi connectivity index (χ3v) is 9.57. The number of alkyl halides is 3. The van der Waals surface area contributed by atoms with Gasteiger partial charge in [0.2, 0.25) is 0 Å². The summed E-state index contributed by atoms with van der Waals surface area (Å²) in [7, 11) is 10.2. The molecule has 0 bridgehead atoms. The van der Waals surface area contributed by atoms with Crippen LogP contribution < -0.4 is 10.6 Å². The summed E-state index contributed by atoms with van der Waals surface area (Å²) >= 11 is 0. The van der Waals surface area contributed by atoms with Gasteiger partial charge in [0.15, 0.2) is 0 Å². The average Bonchev–Trinajstić information content (AvgIpc) is 2.94. The lowest BCUT2D eigenvalue weighted by Gasteiger charge is -2.30. The Bertz CT molecular complexity index is 617. The van der Waals surface area contributed by atoms with E-state index in [1.807, 2.05) is 14.1 Å². The van der Waals surface area contributed by atoms with E-state index in [4.69, 9.17) is 0 Å². The second-order valence-corrected chi connectivity index (χ2v) is 15.1. The van der Waals surface area contributed by atoms with Crippen LogP contribution in [0.15, 0.2) is 0 Å². The molecule has 0 aromatic carbocycles. The molecule has 8 heteroatoms. The molecule has 3 rings (SSSR count). The molecule has 0 amide bonds. The second-order valence-electron chi connectivity index (χ2n) is 15.1. The maximum absolute atomic E-state index is 12.1. The molecule has 5 nitrogen and oxygen atoms in total. The summed E-state index contributed by atoms with van der Waals surface area (Å²) < 4.78 is 36.3. The summed E-state index contributed by atoms with van der Waals surface area (Å²) in [6, 6.07) is 1.32. The minimum Gasteiger partial charge on any atom is -0.317 e. The molecule has 5 atom stereocenters. The largest absolute Gasteiger partial charge is 0.393 e. The van der Waals surface area contributed by atoms with Gasteiger partial charge in [-0.1, -0.05) is 48.5 Å². The van der Waals surface area contributed by atoms with Crippen LogP contribution in [-0.4, -0.2) is 107 Å². The van der Waals surface area contributed by atoms with Crippen LogP contribution in [0.5, 0.6) is 0 Å². The lowest BCUT2D eigenvalue weighted by Crippen LogP contribution is -2.39. The van der Waals surface area contributed by atoms with Crippen molar-refractivity contribution in [1.29, 1.82) is 0 Å². The predicted molar refractivity (Wildman–Crippen MR) is 189 cm³/mol. The van der Waals surface area contributed by atoms with Crippen LogP contribution in [0.4, 0.5) is 13.2 Å². The average molecular weight is 638 g/mol. The van der Waals surface area contributed by atoms with Crippen molar-refractivity contribution in [3.8, 4) is 0 Å². The van der Waals surface area contributed by atoms with Gasteiger partial charge in [-0.2, -0.15) is 13.2 Å². The molecule has 0 radical (unpaired) electrons. The van der Waals surface area contributed by atoms with Gasteiger partial charge >= 0.3 is 6.18 Å². The molecule has 0 aromatic heterocycles. The minimum absolute atomic E-state index is 0.170. The first kappa shape index (κ1) is 45.7. The van der Waals surface area contributed by atoms with Crippen molar-refractivity contribution in [3.05, 3.63) is 0 Å². The minimum atomic E-state index is -3.99. The van der Waals surface area contributed by atoms with Gasteiger partial charge in [-0.25, -0.2) is 0 Å².